The summed E-state index contributed by atoms with van der Waals surface area (Å²) in [6.07, 6.45) is 2.58. The second-order valence-electron chi connectivity index (χ2n) is 5.74. The lowest BCUT2D eigenvalue weighted by Gasteiger charge is -2.26. The Morgan fingerprint density at radius 1 is 1.45 bits per heavy atom. The largest absolute Gasteiger partial charge is 0.459 e. The highest BCUT2D eigenvalue weighted by molar-refractivity contribution is 9.10. The van der Waals surface area contributed by atoms with Gasteiger partial charge in [-0.3, -0.25) is 4.90 Å². The molecule has 0 amide bonds. The molecule has 20 heavy (non-hydrogen) atoms. The number of benzene rings is 1. The number of nitrogens with zero attached hydrogens (tertiary/aromatic N) is 1. The Kier molecular flexibility index (Phi) is 4.15. The fourth-order valence-electron chi connectivity index (χ4n) is 2.88. The van der Waals surface area contributed by atoms with E-state index in [1.807, 2.05) is 12.1 Å². The van der Waals surface area contributed by atoms with Gasteiger partial charge in [-0.05, 0) is 57.6 Å². The quantitative estimate of drug-likeness (QED) is 0.916. The zero-order valence-electron chi connectivity index (χ0n) is 12.0. The topological polar surface area (TPSA) is 28.4 Å². The molecule has 0 saturated carbocycles. The summed E-state index contributed by atoms with van der Waals surface area (Å²) in [6, 6.07) is 9.22. The Balaban J connectivity index is 1.75. The predicted octanol–water partition coefficient (Wildman–Crippen LogP) is 3.94. The van der Waals surface area contributed by atoms with E-state index < -0.39 is 0 Å². The summed E-state index contributed by atoms with van der Waals surface area (Å²) in [5.74, 6) is 1.04. The summed E-state index contributed by atoms with van der Waals surface area (Å²) in [7, 11) is 2.17. The van der Waals surface area contributed by atoms with E-state index in [2.05, 4.69) is 52.3 Å². The predicted molar refractivity (Wildman–Crippen MR) is 86.0 cm³/mol. The second kappa shape index (κ2) is 5.88. The Bertz CT molecular complexity index is 589. The van der Waals surface area contributed by atoms with E-state index in [0.29, 0.717) is 12.1 Å². The van der Waals surface area contributed by atoms with Crippen LogP contribution in [-0.2, 0) is 0 Å². The van der Waals surface area contributed by atoms with E-state index in [1.54, 1.807) is 0 Å². The minimum absolute atomic E-state index is 0.295. The van der Waals surface area contributed by atoms with Crippen LogP contribution in [0.15, 0.2) is 33.2 Å². The van der Waals surface area contributed by atoms with E-state index in [4.69, 9.17) is 4.42 Å². The van der Waals surface area contributed by atoms with Gasteiger partial charge in [-0.1, -0.05) is 15.9 Å². The number of hydrogen-bond acceptors (Lipinski definition) is 3. The molecular weight excluding hydrogens is 316 g/mol. The number of furan rings is 1. The van der Waals surface area contributed by atoms with Crippen molar-refractivity contribution in [3.05, 3.63) is 34.5 Å². The summed E-state index contributed by atoms with van der Waals surface area (Å²) in [5, 5.41) is 4.71. The molecule has 108 valence electrons. The highest BCUT2D eigenvalue weighted by Crippen LogP contribution is 2.29. The van der Waals surface area contributed by atoms with Crippen LogP contribution >= 0.6 is 15.9 Å². The monoisotopic (exact) mass is 336 g/mol. The van der Waals surface area contributed by atoms with Gasteiger partial charge >= 0.3 is 0 Å². The van der Waals surface area contributed by atoms with Crippen molar-refractivity contribution < 1.29 is 4.42 Å². The molecule has 1 aromatic heterocycles. The lowest BCUT2D eigenvalue weighted by atomic mass is 10.1. The minimum atomic E-state index is 0.295. The summed E-state index contributed by atoms with van der Waals surface area (Å²) in [4.78, 5) is 2.37. The fourth-order valence-corrected chi connectivity index (χ4v) is 3.25. The zero-order valence-corrected chi connectivity index (χ0v) is 13.6. The number of likely N-dealkylation sites (N-methyl/N-ethyl adjacent to an activating group) is 1. The van der Waals surface area contributed by atoms with Gasteiger partial charge < -0.3 is 9.73 Å². The molecule has 0 radical (unpaired) electrons. The molecule has 3 rings (SSSR count). The Morgan fingerprint density at radius 3 is 3.05 bits per heavy atom. The fraction of sp³-hybridized carbons (Fsp3) is 0.500. The minimum Gasteiger partial charge on any atom is -0.459 e. The molecule has 1 N–H and O–H groups in total. The van der Waals surface area contributed by atoms with Crippen molar-refractivity contribution in [3.8, 4) is 0 Å². The summed E-state index contributed by atoms with van der Waals surface area (Å²) >= 11 is 3.51. The Labute approximate surface area is 128 Å². The van der Waals surface area contributed by atoms with E-state index in [9.17, 15) is 0 Å². The second-order valence-corrected chi connectivity index (χ2v) is 6.66. The molecule has 1 aliphatic heterocycles. The molecule has 0 bridgehead atoms. The van der Waals surface area contributed by atoms with Gasteiger partial charge in [0, 0.05) is 22.4 Å². The van der Waals surface area contributed by atoms with E-state index in [0.717, 1.165) is 34.3 Å². The van der Waals surface area contributed by atoms with Crippen molar-refractivity contribution in [2.75, 3.05) is 20.1 Å². The lowest BCUT2D eigenvalue weighted by molar-refractivity contribution is 0.215. The molecular formula is C16H21BrN2O. The van der Waals surface area contributed by atoms with Gasteiger partial charge in [0.2, 0.25) is 0 Å². The normalized spacial score (nSPS) is 20.9. The molecule has 0 spiro atoms. The first kappa shape index (κ1) is 14.1. The van der Waals surface area contributed by atoms with Crippen molar-refractivity contribution in [1.82, 2.24) is 10.2 Å². The molecule has 2 heterocycles. The van der Waals surface area contributed by atoms with Gasteiger partial charge in [-0.15, -0.1) is 0 Å². The van der Waals surface area contributed by atoms with Crippen molar-refractivity contribution in [2.24, 2.45) is 0 Å². The molecule has 1 saturated heterocycles. The van der Waals surface area contributed by atoms with Crippen LogP contribution in [-0.4, -0.2) is 31.1 Å². The smallest absolute Gasteiger partial charge is 0.134 e. The van der Waals surface area contributed by atoms with Crippen LogP contribution in [0.4, 0.5) is 0 Å². The summed E-state index contributed by atoms with van der Waals surface area (Å²) in [6.45, 7) is 4.44. The molecule has 2 atom stereocenters. The lowest BCUT2D eigenvalue weighted by Crippen LogP contribution is -2.36. The maximum absolute atomic E-state index is 5.99. The third-order valence-corrected chi connectivity index (χ3v) is 4.73. The van der Waals surface area contributed by atoms with Crippen LogP contribution in [0.3, 0.4) is 0 Å². The maximum atomic E-state index is 5.99. The molecule has 1 fully saturated rings. The van der Waals surface area contributed by atoms with Gasteiger partial charge in [-0.2, -0.15) is 0 Å². The highest BCUT2D eigenvalue weighted by atomic mass is 79.9. The average molecular weight is 337 g/mol. The van der Waals surface area contributed by atoms with Gasteiger partial charge in [0.05, 0.1) is 6.04 Å². The first-order valence-electron chi connectivity index (χ1n) is 7.26. The molecule has 3 nitrogen and oxygen atoms in total. The van der Waals surface area contributed by atoms with Crippen LogP contribution in [0.2, 0.25) is 0 Å². The third-order valence-electron chi connectivity index (χ3n) is 4.24. The molecule has 1 aliphatic rings. The van der Waals surface area contributed by atoms with Crippen molar-refractivity contribution in [2.45, 2.75) is 31.8 Å². The van der Waals surface area contributed by atoms with E-state index >= 15 is 0 Å². The maximum Gasteiger partial charge on any atom is 0.134 e. The van der Waals surface area contributed by atoms with Gasteiger partial charge in [0.15, 0.2) is 0 Å². The number of hydrogen-bond donors (Lipinski definition) is 1. The number of nitrogens with one attached hydrogen (secondary N) is 1. The van der Waals surface area contributed by atoms with E-state index in [-0.39, 0.29) is 0 Å². The molecule has 1 aromatic carbocycles. The first-order valence-corrected chi connectivity index (χ1v) is 8.05. The standard InChI is InChI=1S/C16H21BrN2O/c1-11(19(2)10-14-4-3-7-18-14)16-9-12-8-13(17)5-6-15(12)20-16/h5-6,8-9,11,14,18H,3-4,7,10H2,1-2H3. The number of rotatable bonds is 4. The first-order chi connectivity index (χ1) is 9.63. The van der Waals surface area contributed by atoms with Gasteiger partial charge in [0.1, 0.15) is 11.3 Å². The molecule has 0 aliphatic carbocycles. The van der Waals surface area contributed by atoms with Gasteiger partial charge in [-0.25, -0.2) is 0 Å². The van der Waals surface area contributed by atoms with Crippen LogP contribution in [0, 0.1) is 0 Å². The Morgan fingerprint density at radius 2 is 2.30 bits per heavy atom. The summed E-state index contributed by atoms with van der Waals surface area (Å²) < 4.78 is 7.08. The van der Waals surface area contributed by atoms with Crippen molar-refractivity contribution >= 4 is 26.9 Å². The van der Waals surface area contributed by atoms with Crippen LogP contribution in [0.25, 0.3) is 11.0 Å². The van der Waals surface area contributed by atoms with Crippen molar-refractivity contribution in [3.63, 3.8) is 0 Å². The average Bonchev–Trinajstić information content (AvgIpc) is 3.06. The van der Waals surface area contributed by atoms with Crippen LogP contribution < -0.4 is 5.32 Å². The van der Waals surface area contributed by atoms with Crippen LogP contribution in [0.5, 0.6) is 0 Å². The molecule has 2 unspecified atom stereocenters. The van der Waals surface area contributed by atoms with E-state index in [1.165, 1.54) is 12.8 Å². The van der Waals surface area contributed by atoms with Crippen LogP contribution in [0.1, 0.15) is 31.6 Å². The van der Waals surface area contributed by atoms with Crippen molar-refractivity contribution in [1.29, 1.82) is 0 Å². The summed E-state index contributed by atoms with van der Waals surface area (Å²) in [5.41, 5.74) is 0.961. The molecule has 2 aromatic rings. The number of halogens is 1. The number of fused-ring (bicyclic) bond motifs is 1. The molecule has 4 heteroatoms. The highest BCUT2D eigenvalue weighted by Gasteiger charge is 2.21. The van der Waals surface area contributed by atoms with Gasteiger partial charge in [0.25, 0.3) is 0 Å². The zero-order chi connectivity index (χ0) is 14.1. The SMILES string of the molecule is CC(c1cc2cc(Br)ccc2o1)N(C)CC1CCCN1. The third kappa shape index (κ3) is 2.92. The Hall–Kier alpha value is -0.840.